The van der Waals surface area contributed by atoms with Gasteiger partial charge in [-0.25, -0.2) is 4.98 Å². The molecule has 0 spiro atoms. The third kappa shape index (κ3) is 3.43. The van der Waals surface area contributed by atoms with Crippen LogP contribution < -0.4 is 5.73 Å². The van der Waals surface area contributed by atoms with Crippen LogP contribution in [0.3, 0.4) is 0 Å². The van der Waals surface area contributed by atoms with Crippen LogP contribution in [0, 0.1) is 5.92 Å². The number of carbonyl (C=O) groups is 1. The third-order valence-electron chi connectivity index (χ3n) is 1.86. The number of pyridine rings is 1. The van der Waals surface area contributed by atoms with Gasteiger partial charge in [0.15, 0.2) is 0 Å². The molecule has 0 aliphatic rings. The predicted molar refractivity (Wildman–Crippen MR) is 60.8 cm³/mol. The molecule has 1 unspecified atom stereocenters. The van der Waals surface area contributed by atoms with Gasteiger partial charge in [0.2, 0.25) is 0 Å². The Morgan fingerprint density at radius 2 is 2.20 bits per heavy atom. The lowest BCUT2D eigenvalue weighted by Gasteiger charge is -2.14. The van der Waals surface area contributed by atoms with Crippen LogP contribution >= 0.6 is 11.8 Å². The summed E-state index contributed by atoms with van der Waals surface area (Å²) in [6, 6.07) is 3.45. The number of aromatic nitrogens is 1. The Bertz CT molecular complexity index is 338. The normalized spacial score (nSPS) is 12.7. The first-order chi connectivity index (χ1) is 7.00. The number of hydrogen-bond acceptors (Lipinski definition) is 4. The van der Waals surface area contributed by atoms with Crippen molar-refractivity contribution in [2.75, 3.05) is 5.73 Å². The summed E-state index contributed by atoms with van der Waals surface area (Å²) in [7, 11) is 0. The van der Waals surface area contributed by atoms with Gasteiger partial charge in [-0.1, -0.05) is 25.6 Å². The maximum absolute atomic E-state index is 10.9. The Hall–Kier alpha value is -1.23. The molecule has 1 heterocycles. The Morgan fingerprint density at radius 1 is 1.53 bits per heavy atom. The number of carboxylic acids is 1. The van der Waals surface area contributed by atoms with E-state index in [0.717, 1.165) is 0 Å². The van der Waals surface area contributed by atoms with E-state index in [-0.39, 0.29) is 5.92 Å². The molecular weight excluding hydrogens is 212 g/mol. The first-order valence-corrected chi connectivity index (χ1v) is 5.49. The average molecular weight is 226 g/mol. The van der Waals surface area contributed by atoms with Crippen molar-refractivity contribution in [1.82, 2.24) is 4.98 Å². The average Bonchev–Trinajstić information content (AvgIpc) is 2.15. The number of nitrogen functional groups attached to an aromatic ring is 1. The van der Waals surface area contributed by atoms with E-state index >= 15 is 0 Å². The highest BCUT2D eigenvalue weighted by molar-refractivity contribution is 8.00. The summed E-state index contributed by atoms with van der Waals surface area (Å²) >= 11 is 1.25. The van der Waals surface area contributed by atoms with Gasteiger partial charge in [0, 0.05) is 0 Å². The van der Waals surface area contributed by atoms with Crippen molar-refractivity contribution < 1.29 is 9.90 Å². The third-order valence-corrected chi connectivity index (χ3v) is 3.34. The van der Waals surface area contributed by atoms with Gasteiger partial charge in [0.1, 0.15) is 5.25 Å². The molecule has 15 heavy (non-hydrogen) atoms. The minimum atomic E-state index is -0.811. The smallest absolute Gasteiger partial charge is 0.317 e. The largest absolute Gasteiger partial charge is 0.480 e. The Labute approximate surface area is 92.9 Å². The fourth-order valence-corrected chi connectivity index (χ4v) is 1.96. The van der Waals surface area contributed by atoms with Crippen LogP contribution in [0.15, 0.2) is 23.4 Å². The highest BCUT2D eigenvalue weighted by Crippen LogP contribution is 2.26. The summed E-state index contributed by atoms with van der Waals surface area (Å²) in [6.45, 7) is 3.76. The number of thioether (sulfide) groups is 1. The van der Waals surface area contributed by atoms with E-state index in [1.165, 1.54) is 18.0 Å². The molecule has 1 rings (SSSR count). The zero-order valence-electron chi connectivity index (χ0n) is 8.68. The molecule has 3 N–H and O–H groups in total. The standard InChI is InChI=1S/C10H14N2O2S/c1-6(2)9(10(13)14)15-8-4-3-7(11)5-12-8/h3-6,9H,11H2,1-2H3,(H,13,14). The van der Waals surface area contributed by atoms with Crippen molar-refractivity contribution >= 4 is 23.4 Å². The van der Waals surface area contributed by atoms with Crippen LogP contribution in [0.1, 0.15) is 13.8 Å². The zero-order chi connectivity index (χ0) is 11.4. The number of rotatable bonds is 4. The monoisotopic (exact) mass is 226 g/mol. The fourth-order valence-electron chi connectivity index (χ4n) is 1.06. The highest BCUT2D eigenvalue weighted by Gasteiger charge is 2.22. The molecule has 0 radical (unpaired) electrons. The summed E-state index contributed by atoms with van der Waals surface area (Å²) < 4.78 is 0. The molecule has 0 aromatic carbocycles. The Balaban J connectivity index is 2.74. The van der Waals surface area contributed by atoms with Gasteiger partial charge >= 0.3 is 5.97 Å². The Morgan fingerprint density at radius 3 is 2.60 bits per heavy atom. The molecule has 4 nitrogen and oxygen atoms in total. The second kappa shape index (κ2) is 5.02. The van der Waals surface area contributed by atoms with E-state index < -0.39 is 11.2 Å². The second-order valence-electron chi connectivity index (χ2n) is 3.55. The maximum atomic E-state index is 10.9. The lowest BCUT2D eigenvalue weighted by Crippen LogP contribution is -2.22. The molecule has 0 bridgehead atoms. The number of nitrogens with two attached hydrogens (primary N) is 1. The zero-order valence-corrected chi connectivity index (χ0v) is 9.49. The minimum Gasteiger partial charge on any atom is -0.480 e. The van der Waals surface area contributed by atoms with E-state index in [1.54, 1.807) is 12.1 Å². The molecule has 1 aromatic heterocycles. The quantitative estimate of drug-likeness (QED) is 0.766. The molecule has 0 aliphatic heterocycles. The van der Waals surface area contributed by atoms with Crippen LogP contribution in [0.2, 0.25) is 0 Å². The Kier molecular flexibility index (Phi) is 3.96. The lowest BCUT2D eigenvalue weighted by molar-refractivity contribution is -0.137. The van der Waals surface area contributed by atoms with Crippen LogP contribution in [0.5, 0.6) is 0 Å². The molecule has 0 fully saturated rings. The molecule has 0 saturated carbocycles. The highest BCUT2D eigenvalue weighted by atomic mass is 32.2. The first-order valence-electron chi connectivity index (χ1n) is 4.61. The molecule has 0 amide bonds. The SMILES string of the molecule is CC(C)C(Sc1ccc(N)cn1)C(=O)O. The number of anilines is 1. The van der Waals surface area contributed by atoms with Crippen molar-refractivity contribution in [1.29, 1.82) is 0 Å². The second-order valence-corrected chi connectivity index (χ2v) is 4.71. The molecule has 0 saturated heterocycles. The molecule has 1 atom stereocenters. The maximum Gasteiger partial charge on any atom is 0.317 e. The number of nitrogens with zero attached hydrogens (tertiary/aromatic N) is 1. The summed E-state index contributed by atoms with van der Waals surface area (Å²) in [5.74, 6) is -0.750. The van der Waals surface area contributed by atoms with Gasteiger partial charge in [-0.05, 0) is 18.1 Å². The number of carboxylic acid groups (broad SMARTS) is 1. The number of hydrogen-bond donors (Lipinski definition) is 2. The predicted octanol–water partition coefficient (Wildman–Crippen LogP) is 1.87. The lowest BCUT2D eigenvalue weighted by atomic mass is 10.1. The van der Waals surface area contributed by atoms with Crippen LogP contribution in [-0.2, 0) is 4.79 Å². The van der Waals surface area contributed by atoms with Crippen molar-refractivity contribution in [2.45, 2.75) is 24.1 Å². The fraction of sp³-hybridized carbons (Fsp3) is 0.400. The topological polar surface area (TPSA) is 76.2 Å². The van der Waals surface area contributed by atoms with Crippen LogP contribution in [0.4, 0.5) is 5.69 Å². The molecule has 0 aliphatic carbocycles. The van der Waals surface area contributed by atoms with E-state index in [2.05, 4.69) is 4.98 Å². The van der Waals surface area contributed by atoms with Crippen molar-refractivity contribution in [3.05, 3.63) is 18.3 Å². The van der Waals surface area contributed by atoms with Gasteiger partial charge in [-0.15, -0.1) is 0 Å². The number of aliphatic carboxylic acids is 1. The van der Waals surface area contributed by atoms with Gasteiger partial charge in [-0.3, -0.25) is 4.79 Å². The summed E-state index contributed by atoms with van der Waals surface area (Å²) in [4.78, 5) is 15.0. The van der Waals surface area contributed by atoms with Crippen LogP contribution in [0.25, 0.3) is 0 Å². The van der Waals surface area contributed by atoms with E-state index in [1.807, 2.05) is 13.8 Å². The molecule has 82 valence electrons. The van der Waals surface area contributed by atoms with Crippen molar-refractivity contribution in [2.24, 2.45) is 5.92 Å². The summed E-state index contributed by atoms with van der Waals surface area (Å²) in [6.07, 6.45) is 1.53. The molecular formula is C10H14N2O2S. The van der Waals surface area contributed by atoms with E-state index in [9.17, 15) is 4.79 Å². The van der Waals surface area contributed by atoms with Gasteiger partial charge in [-0.2, -0.15) is 0 Å². The minimum absolute atomic E-state index is 0.0619. The first kappa shape index (κ1) is 11.8. The van der Waals surface area contributed by atoms with Gasteiger partial charge in [0.05, 0.1) is 16.9 Å². The summed E-state index contributed by atoms with van der Waals surface area (Å²) in [5.41, 5.74) is 6.07. The van der Waals surface area contributed by atoms with Gasteiger partial charge in [0.25, 0.3) is 0 Å². The van der Waals surface area contributed by atoms with Crippen LogP contribution in [-0.4, -0.2) is 21.3 Å². The molecule has 5 heteroatoms. The molecule has 1 aromatic rings. The van der Waals surface area contributed by atoms with E-state index in [4.69, 9.17) is 10.8 Å². The van der Waals surface area contributed by atoms with Gasteiger partial charge < -0.3 is 10.8 Å². The van der Waals surface area contributed by atoms with Crippen molar-refractivity contribution in [3.8, 4) is 0 Å². The van der Waals surface area contributed by atoms with Crippen molar-refractivity contribution in [3.63, 3.8) is 0 Å². The van der Waals surface area contributed by atoms with E-state index in [0.29, 0.717) is 10.7 Å². The summed E-state index contributed by atoms with van der Waals surface area (Å²) in [5, 5.41) is 9.20.